The number of nitro groups is 1. The van der Waals surface area contributed by atoms with Gasteiger partial charge >= 0.3 is 5.69 Å². The van der Waals surface area contributed by atoms with Crippen LogP contribution in [-0.4, -0.2) is 4.92 Å². The molecule has 0 amide bonds. The molecule has 2 aromatic rings. The number of fused-ring (bicyclic) bond motifs is 1. The third-order valence-electron chi connectivity index (χ3n) is 1.93. The zero-order valence-electron chi connectivity index (χ0n) is 7.27. The van der Waals surface area contributed by atoms with Crippen molar-refractivity contribution in [3.63, 3.8) is 0 Å². The highest BCUT2D eigenvalue weighted by Gasteiger charge is 2.16. The van der Waals surface area contributed by atoms with Crippen LogP contribution in [0, 0.1) is 15.9 Å². The van der Waals surface area contributed by atoms with Crippen LogP contribution in [0.1, 0.15) is 0 Å². The molecule has 6 heteroatoms. The van der Waals surface area contributed by atoms with Crippen molar-refractivity contribution in [2.75, 3.05) is 0 Å². The quantitative estimate of drug-likeness (QED) is 0.530. The predicted octanol–water partition coefficient (Wildman–Crippen LogP) is 1.84. The Morgan fingerprint density at radius 3 is 2.80 bits per heavy atom. The predicted molar refractivity (Wildman–Crippen MR) is 49.1 cm³/mol. The van der Waals surface area contributed by atoms with Gasteiger partial charge in [-0.1, -0.05) is 0 Å². The summed E-state index contributed by atoms with van der Waals surface area (Å²) in [6, 6.07) is 2.82. The van der Waals surface area contributed by atoms with Gasteiger partial charge in [-0.25, -0.2) is 0 Å². The maximum atomic E-state index is 13.1. The van der Waals surface area contributed by atoms with Crippen LogP contribution in [0.4, 0.5) is 10.1 Å². The zero-order chi connectivity index (χ0) is 11.0. The first-order valence-corrected chi connectivity index (χ1v) is 3.95. The molecule has 1 aromatic heterocycles. The van der Waals surface area contributed by atoms with Gasteiger partial charge in [0.2, 0.25) is 5.82 Å². The molecule has 5 nitrogen and oxygen atoms in total. The molecule has 1 aromatic carbocycles. The number of hydrogen-bond acceptors (Lipinski definition) is 4. The van der Waals surface area contributed by atoms with Crippen LogP contribution in [0.25, 0.3) is 11.0 Å². The molecule has 0 radical (unpaired) electrons. The molecule has 15 heavy (non-hydrogen) atoms. The van der Waals surface area contributed by atoms with Gasteiger partial charge in [-0.3, -0.25) is 14.9 Å². The fourth-order valence-corrected chi connectivity index (χ4v) is 1.23. The Bertz CT molecular complexity index is 605. The lowest BCUT2D eigenvalue weighted by Gasteiger charge is -1.96. The monoisotopic (exact) mass is 209 g/mol. The number of nitro benzene ring substituents is 1. The topological polar surface area (TPSA) is 73.3 Å². The molecule has 0 spiro atoms. The van der Waals surface area contributed by atoms with Crippen LogP contribution in [0.2, 0.25) is 0 Å². The number of halogens is 1. The van der Waals surface area contributed by atoms with Crippen LogP contribution in [-0.2, 0) is 0 Å². The SMILES string of the molecule is O=c1ccoc2cc([N+](=O)[O-])c(F)cc12. The molecule has 0 fully saturated rings. The van der Waals surface area contributed by atoms with Crippen LogP contribution in [0.3, 0.4) is 0 Å². The fourth-order valence-electron chi connectivity index (χ4n) is 1.23. The molecule has 1 heterocycles. The summed E-state index contributed by atoms with van der Waals surface area (Å²) in [5.74, 6) is -1.05. The molecule has 0 unspecified atom stereocenters. The number of rotatable bonds is 1. The molecule has 0 aliphatic rings. The highest BCUT2D eigenvalue weighted by atomic mass is 19.1. The van der Waals surface area contributed by atoms with Crippen LogP contribution in [0.5, 0.6) is 0 Å². The minimum atomic E-state index is -1.05. The summed E-state index contributed by atoms with van der Waals surface area (Å²) in [6.07, 6.45) is 1.10. The van der Waals surface area contributed by atoms with Crippen molar-refractivity contribution in [2.45, 2.75) is 0 Å². The first-order chi connectivity index (χ1) is 7.09. The van der Waals surface area contributed by atoms with Crippen LogP contribution in [0.15, 0.2) is 33.7 Å². The smallest absolute Gasteiger partial charge is 0.308 e. The third-order valence-corrected chi connectivity index (χ3v) is 1.93. The van der Waals surface area contributed by atoms with Gasteiger partial charge in [-0.15, -0.1) is 0 Å². The lowest BCUT2D eigenvalue weighted by atomic mass is 10.2. The molecular formula is C9H4FNO4. The van der Waals surface area contributed by atoms with E-state index in [1.807, 2.05) is 0 Å². The zero-order valence-corrected chi connectivity index (χ0v) is 7.27. The molecule has 2 rings (SSSR count). The Hall–Kier alpha value is -2.24. The Kier molecular flexibility index (Phi) is 1.96. The van der Waals surface area contributed by atoms with Crippen molar-refractivity contribution in [2.24, 2.45) is 0 Å². The molecule has 0 bridgehead atoms. The normalized spacial score (nSPS) is 10.5. The highest BCUT2D eigenvalue weighted by Crippen LogP contribution is 2.22. The summed E-state index contributed by atoms with van der Waals surface area (Å²) >= 11 is 0. The molecule has 0 N–H and O–H groups in total. The van der Waals surface area contributed by atoms with E-state index >= 15 is 0 Å². The van der Waals surface area contributed by atoms with E-state index in [9.17, 15) is 19.3 Å². The van der Waals surface area contributed by atoms with Crippen molar-refractivity contribution < 1.29 is 13.7 Å². The van der Waals surface area contributed by atoms with E-state index in [4.69, 9.17) is 4.42 Å². The Balaban J connectivity index is 2.88. The summed E-state index contributed by atoms with van der Waals surface area (Å²) in [7, 11) is 0. The third kappa shape index (κ3) is 1.45. The van der Waals surface area contributed by atoms with Crippen molar-refractivity contribution in [1.82, 2.24) is 0 Å². The van der Waals surface area contributed by atoms with Crippen molar-refractivity contribution in [3.8, 4) is 0 Å². The van der Waals surface area contributed by atoms with Gasteiger partial charge in [0.1, 0.15) is 5.58 Å². The largest absolute Gasteiger partial charge is 0.464 e. The van der Waals surface area contributed by atoms with E-state index < -0.39 is 21.9 Å². The van der Waals surface area contributed by atoms with Gasteiger partial charge < -0.3 is 4.42 Å². The number of nitrogens with zero attached hydrogens (tertiary/aromatic N) is 1. The summed E-state index contributed by atoms with van der Waals surface area (Å²) in [5.41, 5.74) is -1.16. The van der Waals surface area contributed by atoms with Gasteiger partial charge in [0.15, 0.2) is 5.43 Å². The summed E-state index contributed by atoms with van der Waals surface area (Å²) in [5, 5.41) is 10.4. The highest BCUT2D eigenvalue weighted by molar-refractivity contribution is 5.78. The van der Waals surface area contributed by atoms with E-state index in [-0.39, 0.29) is 11.0 Å². The van der Waals surface area contributed by atoms with Gasteiger partial charge in [-0.05, 0) is 6.07 Å². The average Bonchev–Trinajstić information content (AvgIpc) is 2.18. The van der Waals surface area contributed by atoms with Gasteiger partial charge in [0.05, 0.1) is 22.6 Å². The number of hydrogen-bond donors (Lipinski definition) is 0. The minimum Gasteiger partial charge on any atom is -0.464 e. The minimum absolute atomic E-state index is 0.00407. The van der Waals surface area contributed by atoms with Crippen LogP contribution < -0.4 is 5.43 Å². The van der Waals surface area contributed by atoms with Gasteiger partial charge in [0.25, 0.3) is 0 Å². The second kappa shape index (κ2) is 3.16. The molecular weight excluding hydrogens is 205 g/mol. The maximum Gasteiger partial charge on any atom is 0.308 e. The molecule has 0 saturated heterocycles. The Labute approximate surface area is 81.9 Å². The van der Waals surface area contributed by atoms with Gasteiger partial charge in [0, 0.05) is 6.07 Å². The molecule has 0 aliphatic heterocycles. The standard InChI is InChI=1S/C9H4FNO4/c10-6-3-5-8(12)1-2-15-9(5)4-7(6)11(13)14/h1-4H. The first-order valence-electron chi connectivity index (χ1n) is 3.95. The lowest BCUT2D eigenvalue weighted by molar-refractivity contribution is -0.387. The molecule has 76 valence electrons. The van der Waals surface area contributed by atoms with Crippen molar-refractivity contribution in [3.05, 3.63) is 50.6 Å². The summed E-state index contributed by atoms with van der Waals surface area (Å²) in [6.45, 7) is 0. The molecule has 0 atom stereocenters. The average molecular weight is 209 g/mol. The van der Waals surface area contributed by atoms with E-state index in [2.05, 4.69) is 0 Å². The summed E-state index contributed by atoms with van der Waals surface area (Å²) in [4.78, 5) is 20.7. The second-order valence-corrected chi connectivity index (χ2v) is 2.84. The second-order valence-electron chi connectivity index (χ2n) is 2.84. The van der Waals surface area contributed by atoms with E-state index in [1.165, 1.54) is 0 Å². The van der Waals surface area contributed by atoms with Crippen molar-refractivity contribution >= 4 is 16.7 Å². The fraction of sp³-hybridized carbons (Fsp3) is 0. The maximum absolute atomic E-state index is 13.1. The van der Waals surface area contributed by atoms with Crippen molar-refractivity contribution in [1.29, 1.82) is 0 Å². The number of benzene rings is 1. The van der Waals surface area contributed by atoms with E-state index in [1.54, 1.807) is 0 Å². The summed E-state index contributed by atoms with van der Waals surface area (Å²) < 4.78 is 18.0. The molecule has 0 saturated carbocycles. The lowest BCUT2D eigenvalue weighted by Crippen LogP contribution is -2.00. The molecule has 0 aliphatic carbocycles. The van der Waals surface area contributed by atoms with E-state index in [0.717, 1.165) is 24.5 Å². The Morgan fingerprint density at radius 1 is 1.40 bits per heavy atom. The Morgan fingerprint density at radius 2 is 2.13 bits per heavy atom. The van der Waals surface area contributed by atoms with E-state index in [0.29, 0.717) is 0 Å². The first kappa shape index (κ1) is 9.32. The van der Waals surface area contributed by atoms with Crippen LogP contribution >= 0.6 is 0 Å². The van der Waals surface area contributed by atoms with Gasteiger partial charge in [-0.2, -0.15) is 4.39 Å².